The Morgan fingerprint density at radius 3 is 2.41 bits per heavy atom. The summed E-state index contributed by atoms with van der Waals surface area (Å²) in [4.78, 5) is 25.8. The van der Waals surface area contributed by atoms with Crippen molar-refractivity contribution in [1.29, 1.82) is 0 Å². The van der Waals surface area contributed by atoms with Gasteiger partial charge in [0.15, 0.2) is 0 Å². The summed E-state index contributed by atoms with van der Waals surface area (Å²) >= 11 is 0. The molecule has 2 fully saturated rings. The molecule has 2 aliphatic rings. The largest absolute Gasteiger partial charge is 0.378 e. The number of rotatable bonds is 5. The molecular formula is C16H28N2O4. The highest BCUT2D eigenvalue weighted by Gasteiger charge is 2.27. The normalized spacial score (nSPS) is 26.0. The number of hydrogen-bond donors (Lipinski definition) is 1. The molecule has 0 spiro atoms. The molecule has 1 saturated carbocycles. The molecule has 0 radical (unpaired) electrons. The Balaban J connectivity index is 1.64. The Kier molecular flexibility index (Phi) is 6.64. The number of ether oxygens (including phenoxy) is 2. The second-order valence-corrected chi connectivity index (χ2v) is 6.44. The monoisotopic (exact) mass is 312 g/mol. The highest BCUT2D eigenvalue weighted by atomic mass is 16.5. The molecule has 2 amide bonds. The quantitative estimate of drug-likeness (QED) is 0.820. The Hall–Kier alpha value is -1.14. The van der Waals surface area contributed by atoms with Crippen molar-refractivity contribution in [3.8, 4) is 0 Å². The first-order chi connectivity index (χ1) is 10.6. The van der Waals surface area contributed by atoms with Gasteiger partial charge in [-0.05, 0) is 39.5 Å². The van der Waals surface area contributed by atoms with Crippen LogP contribution >= 0.6 is 0 Å². The molecular weight excluding hydrogens is 284 g/mol. The van der Waals surface area contributed by atoms with E-state index in [9.17, 15) is 9.59 Å². The molecule has 1 aliphatic heterocycles. The molecule has 1 N–H and O–H groups in total. The summed E-state index contributed by atoms with van der Waals surface area (Å²) < 4.78 is 11.0. The maximum Gasteiger partial charge on any atom is 0.248 e. The summed E-state index contributed by atoms with van der Waals surface area (Å²) in [6, 6.07) is 0.188. The lowest BCUT2D eigenvalue weighted by Gasteiger charge is -2.30. The van der Waals surface area contributed by atoms with E-state index < -0.39 is 0 Å². The van der Waals surface area contributed by atoms with E-state index in [1.165, 1.54) is 0 Å². The van der Waals surface area contributed by atoms with Crippen LogP contribution < -0.4 is 5.32 Å². The third kappa shape index (κ3) is 5.25. The number of carbonyl (C=O) groups excluding carboxylic acids is 2. The molecule has 6 heteroatoms. The minimum Gasteiger partial charge on any atom is -0.378 e. The predicted octanol–water partition coefficient (Wildman–Crippen LogP) is 0.945. The van der Waals surface area contributed by atoms with Gasteiger partial charge in [-0.25, -0.2) is 0 Å². The van der Waals surface area contributed by atoms with Gasteiger partial charge in [-0.15, -0.1) is 0 Å². The van der Waals surface area contributed by atoms with Crippen molar-refractivity contribution in [1.82, 2.24) is 10.2 Å². The van der Waals surface area contributed by atoms with E-state index >= 15 is 0 Å². The van der Waals surface area contributed by atoms with E-state index in [0.717, 1.165) is 25.7 Å². The van der Waals surface area contributed by atoms with Crippen molar-refractivity contribution in [3.63, 3.8) is 0 Å². The van der Waals surface area contributed by atoms with Crippen molar-refractivity contribution < 1.29 is 19.1 Å². The van der Waals surface area contributed by atoms with Crippen LogP contribution in [0, 0.1) is 5.92 Å². The van der Waals surface area contributed by atoms with E-state index in [1.807, 2.05) is 13.8 Å². The molecule has 1 heterocycles. The fourth-order valence-electron chi connectivity index (χ4n) is 2.99. The summed E-state index contributed by atoms with van der Waals surface area (Å²) in [6.07, 6.45) is 3.50. The Morgan fingerprint density at radius 1 is 1.18 bits per heavy atom. The van der Waals surface area contributed by atoms with E-state index in [0.29, 0.717) is 26.3 Å². The van der Waals surface area contributed by atoms with Gasteiger partial charge in [-0.1, -0.05) is 0 Å². The Labute approximate surface area is 132 Å². The SMILES string of the molecule is CC(C)NC(=O)C1CCC(OCC(=O)N2CCOCC2)CC1. The molecule has 0 bridgehead atoms. The number of hydrogen-bond acceptors (Lipinski definition) is 4. The number of nitrogens with one attached hydrogen (secondary N) is 1. The first-order valence-corrected chi connectivity index (χ1v) is 8.33. The number of nitrogens with zero attached hydrogens (tertiary/aromatic N) is 1. The first kappa shape index (κ1) is 17.2. The molecule has 22 heavy (non-hydrogen) atoms. The van der Waals surface area contributed by atoms with Crippen molar-refractivity contribution in [3.05, 3.63) is 0 Å². The lowest BCUT2D eigenvalue weighted by molar-refractivity contribution is -0.143. The zero-order valence-corrected chi connectivity index (χ0v) is 13.7. The van der Waals surface area contributed by atoms with Crippen molar-refractivity contribution in [2.24, 2.45) is 5.92 Å². The Bertz CT molecular complexity index is 372. The van der Waals surface area contributed by atoms with Gasteiger partial charge < -0.3 is 19.7 Å². The van der Waals surface area contributed by atoms with Crippen LogP contribution in [0.1, 0.15) is 39.5 Å². The minimum absolute atomic E-state index is 0.0444. The smallest absolute Gasteiger partial charge is 0.248 e. The van der Waals surface area contributed by atoms with E-state index in [4.69, 9.17) is 9.47 Å². The fraction of sp³-hybridized carbons (Fsp3) is 0.875. The van der Waals surface area contributed by atoms with E-state index in [2.05, 4.69) is 5.32 Å². The molecule has 0 aromatic rings. The van der Waals surface area contributed by atoms with Crippen LogP contribution in [-0.2, 0) is 19.1 Å². The molecule has 2 rings (SSSR count). The van der Waals surface area contributed by atoms with Crippen LogP contribution in [0.25, 0.3) is 0 Å². The molecule has 0 aromatic carbocycles. The summed E-state index contributed by atoms with van der Waals surface area (Å²) in [6.45, 7) is 6.64. The Morgan fingerprint density at radius 2 is 1.82 bits per heavy atom. The maximum absolute atomic E-state index is 12.0. The fourth-order valence-corrected chi connectivity index (χ4v) is 2.99. The molecule has 126 valence electrons. The zero-order chi connectivity index (χ0) is 15.9. The van der Waals surface area contributed by atoms with E-state index in [-0.39, 0.29) is 36.5 Å². The molecule has 0 aromatic heterocycles. The third-order valence-corrected chi connectivity index (χ3v) is 4.28. The summed E-state index contributed by atoms with van der Waals surface area (Å²) in [5.74, 6) is 0.290. The van der Waals surface area contributed by atoms with Crippen LogP contribution in [0.4, 0.5) is 0 Å². The minimum atomic E-state index is 0.0444. The average molecular weight is 312 g/mol. The summed E-state index contributed by atoms with van der Waals surface area (Å²) in [5.41, 5.74) is 0. The van der Waals surface area contributed by atoms with Gasteiger partial charge in [0, 0.05) is 25.0 Å². The van der Waals surface area contributed by atoms with Crippen LogP contribution in [0.15, 0.2) is 0 Å². The summed E-state index contributed by atoms with van der Waals surface area (Å²) in [7, 11) is 0. The standard InChI is InChI=1S/C16H28N2O4/c1-12(2)17-16(20)13-3-5-14(6-4-13)22-11-15(19)18-7-9-21-10-8-18/h12-14H,3-11H2,1-2H3,(H,17,20). The lowest BCUT2D eigenvalue weighted by Crippen LogP contribution is -2.43. The molecule has 0 atom stereocenters. The third-order valence-electron chi connectivity index (χ3n) is 4.28. The van der Waals surface area contributed by atoms with Gasteiger partial charge in [0.05, 0.1) is 19.3 Å². The van der Waals surface area contributed by atoms with Crippen LogP contribution in [0.5, 0.6) is 0 Å². The van der Waals surface area contributed by atoms with Gasteiger partial charge in [0.1, 0.15) is 6.61 Å². The van der Waals surface area contributed by atoms with Gasteiger partial charge >= 0.3 is 0 Å². The second-order valence-electron chi connectivity index (χ2n) is 6.44. The van der Waals surface area contributed by atoms with Gasteiger partial charge in [0.2, 0.25) is 11.8 Å². The highest BCUT2D eigenvalue weighted by Crippen LogP contribution is 2.26. The predicted molar refractivity (Wildman–Crippen MR) is 82.4 cm³/mol. The molecule has 6 nitrogen and oxygen atoms in total. The van der Waals surface area contributed by atoms with Crippen LogP contribution in [0.3, 0.4) is 0 Å². The maximum atomic E-state index is 12.0. The molecule has 0 unspecified atom stereocenters. The zero-order valence-electron chi connectivity index (χ0n) is 13.7. The highest BCUT2D eigenvalue weighted by molar-refractivity contribution is 5.79. The number of morpholine rings is 1. The van der Waals surface area contributed by atoms with Gasteiger partial charge in [-0.3, -0.25) is 9.59 Å². The van der Waals surface area contributed by atoms with Crippen LogP contribution in [-0.4, -0.2) is 61.8 Å². The van der Waals surface area contributed by atoms with Crippen molar-refractivity contribution in [2.45, 2.75) is 51.7 Å². The van der Waals surface area contributed by atoms with E-state index in [1.54, 1.807) is 4.90 Å². The molecule has 1 aliphatic carbocycles. The number of amides is 2. The van der Waals surface area contributed by atoms with Crippen molar-refractivity contribution >= 4 is 11.8 Å². The van der Waals surface area contributed by atoms with Crippen LogP contribution in [0.2, 0.25) is 0 Å². The summed E-state index contributed by atoms with van der Waals surface area (Å²) in [5, 5.41) is 2.97. The van der Waals surface area contributed by atoms with Gasteiger partial charge in [-0.2, -0.15) is 0 Å². The van der Waals surface area contributed by atoms with Gasteiger partial charge in [0.25, 0.3) is 0 Å². The molecule has 1 saturated heterocycles. The average Bonchev–Trinajstić information content (AvgIpc) is 2.53. The second kappa shape index (κ2) is 8.48. The van der Waals surface area contributed by atoms with Crippen molar-refractivity contribution in [2.75, 3.05) is 32.9 Å². The number of carbonyl (C=O) groups is 2. The lowest BCUT2D eigenvalue weighted by atomic mass is 9.86. The first-order valence-electron chi connectivity index (χ1n) is 8.33. The topological polar surface area (TPSA) is 67.9 Å².